The summed E-state index contributed by atoms with van der Waals surface area (Å²) in [6.07, 6.45) is 10.8. The Kier molecular flexibility index (Phi) is 16.5. The molecule has 1 aliphatic carbocycles. The molecule has 1 aromatic heterocycles. The summed E-state index contributed by atoms with van der Waals surface area (Å²) in [6, 6.07) is 6.01. The number of aromatic nitrogens is 1. The highest BCUT2D eigenvalue weighted by molar-refractivity contribution is 5.96. The second-order valence-electron chi connectivity index (χ2n) is 9.18. The third-order valence-electron chi connectivity index (χ3n) is 6.72. The minimum Gasteiger partial charge on any atom is -0.320 e. The fourth-order valence-corrected chi connectivity index (χ4v) is 3.86. The van der Waals surface area contributed by atoms with E-state index in [9.17, 15) is 27.2 Å². The Morgan fingerprint density at radius 3 is 2.15 bits per heavy atom. The number of anilines is 1. The molecule has 1 atom stereocenters. The molecule has 2 N–H and O–H groups in total. The van der Waals surface area contributed by atoms with Gasteiger partial charge in [-0.15, -0.1) is 12.8 Å². The Bertz CT molecular complexity index is 1140. The number of allylic oxidation sites excluding steroid dienone is 2. The van der Waals surface area contributed by atoms with E-state index in [0.29, 0.717) is 11.3 Å². The molecule has 1 unspecified atom stereocenters. The van der Waals surface area contributed by atoms with Gasteiger partial charge >= 0.3 is 6.18 Å². The molecule has 3 rings (SSSR count). The van der Waals surface area contributed by atoms with Crippen LogP contribution in [0.3, 0.4) is 0 Å². The van der Waals surface area contributed by atoms with Crippen molar-refractivity contribution in [2.24, 2.45) is 11.8 Å². The van der Waals surface area contributed by atoms with Crippen LogP contribution >= 0.6 is 0 Å². The number of halogens is 5. The van der Waals surface area contributed by atoms with E-state index in [1.807, 2.05) is 25.3 Å². The Balaban J connectivity index is 0.00000106. The summed E-state index contributed by atoms with van der Waals surface area (Å²) in [5.74, 6) is 0.615. The number of nitriles is 1. The van der Waals surface area contributed by atoms with Crippen molar-refractivity contribution < 1.29 is 22.0 Å². The Morgan fingerprint density at radius 1 is 1.15 bits per heavy atom. The normalized spacial score (nSPS) is 13.8. The lowest BCUT2D eigenvalue weighted by atomic mass is 9.76. The standard InChI is InChI=1S/C19H17F5N4.C8H16.C2H6.C2H2/c1-10(15(7-25)14-6-16(20)12(3)18(21)11(14)2)17-5-4-13(8-26-17)28-27-9-19(22,23)24;1-3-7(2)8-5-4-6-8;2*1-2/h4-6,8,27-28H,9H2,1-3H3;7-8H,3-6H2,1-2H3;1-2H3;1-2H/b15-10+;;;. The second-order valence-corrected chi connectivity index (χ2v) is 9.18. The third-order valence-corrected chi connectivity index (χ3v) is 6.72. The fourth-order valence-electron chi connectivity index (χ4n) is 3.86. The van der Waals surface area contributed by atoms with E-state index in [-0.39, 0.29) is 28.0 Å². The molecule has 0 bridgehead atoms. The van der Waals surface area contributed by atoms with Gasteiger partial charge in [0.1, 0.15) is 24.2 Å². The third kappa shape index (κ3) is 11.0. The van der Waals surface area contributed by atoms with Gasteiger partial charge in [-0.3, -0.25) is 4.98 Å². The zero-order valence-corrected chi connectivity index (χ0v) is 24.4. The largest absolute Gasteiger partial charge is 0.402 e. The highest BCUT2D eigenvalue weighted by Gasteiger charge is 2.26. The molecule has 0 radical (unpaired) electrons. The molecule has 1 aliphatic rings. The number of alkyl halides is 3. The molecule has 9 heteroatoms. The van der Waals surface area contributed by atoms with Crippen molar-refractivity contribution in [2.45, 2.75) is 80.3 Å². The van der Waals surface area contributed by atoms with Crippen LogP contribution in [0.25, 0.3) is 11.1 Å². The molecule has 0 saturated heterocycles. The van der Waals surface area contributed by atoms with Crippen molar-refractivity contribution in [1.82, 2.24) is 10.4 Å². The maximum atomic E-state index is 14.2. The molecule has 1 saturated carbocycles. The van der Waals surface area contributed by atoms with Gasteiger partial charge in [-0.2, -0.15) is 18.4 Å². The second kappa shape index (κ2) is 18.0. The summed E-state index contributed by atoms with van der Waals surface area (Å²) in [5, 5.41) is 9.52. The van der Waals surface area contributed by atoms with Crippen LogP contribution < -0.4 is 10.9 Å². The lowest BCUT2D eigenvalue weighted by molar-refractivity contribution is -0.123. The first-order valence-electron chi connectivity index (χ1n) is 13.3. The Morgan fingerprint density at radius 2 is 1.75 bits per heavy atom. The summed E-state index contributed by atoms with van der Waals surface area (Å²) in [6.45, 7) is 11.8. The molecule has 0 spiro atoms. The van der Waals surface area contributed by atoms with E-state index in [2.05, 4.69) is 37.1 Å². The highest BCUT2D eigenvalue weighted by Crippen LogP contribution is 2.34. The van der Waals surface area contributed by atoms with Crippen LogP contribution in [0.1, 0.15) is 82.7 Å². The minimum absolute atomic E-state index is 0.0544. The lowest BCUT2D eigenvalue weighted by Crippen LogP contribution is -2.32. The van der Waals surface area contributed by atoms with E-state index in [1.165, 1.54) is 57.9 Å². The number of hydrogen-bond donors (Lipinski definition) is 2. The van der Waals surface area contributed by atoms with Crippen LogP contribution in [0.4, 0.5) is 27.6 Å². The molecule has 1 heterocycles. The van der Waals surface area contributed by atoms with Gasteiger partial charge in [-0.05, 0) is 61.9 Å². The summed E-state index contributed by atoms with van der Waals surface area (Å²) >= 11 is 0. The van der Waals surface area contributed by atoms with Crippen LogP contribution in [0.2, 0.25) is 0 Å². The molecular weight excluding hydrogens is 523 g/mol. The number of benzene rings is 1. The average molecular weight is 565 g/mol. The van der Waals surface area contributed by atoms with E-state index in [4.69, 9.17) is 0 Å². The lowest BCUT2D eigenvalue weighted by Gasteiger charge is -2.30. The summed E-state index contributed by atoms with van der Waals surface area (Å²) < 4.78 is 64.5. The predicted octanol–water partition coefficient (Wildman–Crippen LogP) is 9.02. The van der Waals surface area contributed by atoms with Crippen molar-refractivity contribution in [2.75, 3.05) is 12.0 Å². The first-order valence-corrected chi connectivity index (χ1v) is 13.3. The van der Waals surface area contributed by atoms with Gasteiger partial charge in [0.05, 0.1) is 23.2 Å². The van der Waals surface area contributed by atoms with Gasteiger partial charge in [0.2, 0.25) is 0 Å². The maximum absolute atomic E-state index is 14.2. The summed E-state index contributed by atoms with van der Waals surface area (Å²) in [7, 11) is 0. The van der Waals surface area contributed by atoms with Crippen molar-refractivity contribution >= 4 is 16.8 Å². The number of hydrazine groups is 1. The van der Waals surface area contributed by atoms with Crippen LogP contribution in [-0.4, -0.2) is 17.7 Å². The van der Waals surface area contributed by atoms with E-state index >= 15 is 0 Å². The zero-order chi connectivity index (χ0) is 31.0. The number of terminal acetylenes is 1. The van der Waals surface area contributed by atoms with Crippen molar-refractivity contribution in [3.63, 3.8) is 0 Å². The zero-order valence-electron chi connectivity index (χ0n) is 24.4. The fraction of sp³-hybridized carbons (Fsp3) is 0.484. The molecular formula is C31H41F5N4. The Hall–Kier alpha value is -3.43. The van der Waals surface area contributed by atoms with Crippen LogP contribution in [0, 0.1) is 61.5 Å². The number of nitrogens with zero attached hydrogens (tertiary/aromatic N) is 2. The molecule has 1 aromatic carbocycles. The number of rotatable bonds is 7. The molecule has 40 heavy (non-hydrogen) atoms. The van der Waals surface area contributed by atoms with E-state index < -0.39 is 24.4 Å². The van der Waals surface area contributed by atoms with Gasteiger partial charge in [0, 0.05) is 11.1 Å². The quantitative estimate of drug-likeness (QED) is 0.152. The number of pyridine rings is 1. The monoisotopic (exact) mass is 564 g/mol. The van der Waals surface area contributed by atoms with Crippen LogP contribution in [0.15, 0.2) is 24.4 Å². The van der Waals surface area contributed by atoms with E-state index in [0.717, 1.165) is 17.9 Å². The van der Waals surface area contributed by atoms with Gasteiger partial charge in [0.25, 0.3) is 0 Å². The summed E-state index contributed by atoms with van der Waals surface area (Å²) in [4.78, 5) is 4.10. The first-order chi connectivity index (χ1) is 18.9. The molecule has 0 aliphatic heterocycles. The van der Waals surface area contributed by atoms with Crippen molar-refractivity contribution in [3.8, 4) is 18.9 Å². The molecule has 4 nitrogen and oxygen atoms in total. The van der Waals surface area contributed by atoms with E-state index in [1.54, 1.807) is 6.92 Å². The molecule has 220 valence electrons. The maximum Gasteiger partial charge on any atom is 0.402 e. The van der Waals surface area contributed by atoms with Crippen LogP contribution in [-0.2, 0) is 0 Å². The predicted molar refractivity (Wildman–Crippen MR) is 154 cm³/mol. The topological polar surface area (TPSA) is 60.7 Å². The number of hydrogen-bond acceptors (Lipinski definition) is 4. The van der Waals surface area contributed by atoms with Gasteiger partial charge in [-0.1, -0.05) is 53.4 Å². The minimum atomic E-state index is -4.36. The van der Waals surface area contributed by atoms with Gasteiger partial charge < -0.3 is 5.43 Å². The molecule has 0 amide bonds. The van der Waals surface area contributed by atoms with Crippen molar-refractivity contribution in [1.29, 1.82) is 5.26 Å². The van der Waals surface area contributed by atoms with Crippen LogP contribution in [0.5, 0.6) is 0 Å². The van der Waals surface area contributed by atoms with Gasteiger partial charge in [0.15, 0.2) is 0 Å². The van der Waals surface area contributed by atoms with Crippen molar-refractivity contribution in [3.05, 3.63) is 58.4 Å². The first kappa shape index (κ1) is 36.6. The number of nitrogens with one attached hydrogen (secondary N) is 2. The summed E-state index contributed by atoms with van der Waals surface area (Å²) in [5.41, 5.74) is 5.57. The smallest absolute Gasteiger partial charge is 0.320 e. The molecule has 2 aromatic rings. The van der Waals surface area contributed by atoms with Gasteiger partial charge in [-0.25, -0.2) is 14.2 Å². The average Bonchev–Trinajstić information content (AvgIpc) is 2.92. The SMILES string of the molecule is C#C.C/C(=C(/C#N)c1cc(F)c(C)c(F)c1C)c1ccc(NNCC(F)(F)F)cn1.CC.CCC(C)C1CCC1. The molecule has 1 fully saturated rings. The Labute approximate surface area is 236 Å². The highest BCUT2D eigenvalue weighted by atomic mass is 19.4.